The zero-order chi connectivity index (χ0) is 20.1. The number of rotatable bonds is 5. The molecule has 29 heavy (non-hydrogen) atoms. The van der Waals surface area contributed by atoms with Crippen molar-refractivity contribution in [1.29, 1.82) is 0 Å². The Labute approximate surface area is 172 Å². The van der Waals surface area contributed by atoms with E-state index in [1.807, 2.05) is 35.2 Å². The van der Waals surface area contributed by atoms with Crippen LogP contribution in [-0.4, -0.2) is 66.9 Å². The maximum Gasteiger partial charge on any atom is 0.260 e. The van der Waals surface area contributed by atoms with Gasteiger partial charge >= 0.3 is 0 Å². The van der Waals surface area contributed by atoms with Gasteiger partial charge < -0.3 is 19.4 Å². The lowest BCUT2D eigenvalue weighted by Gasteiger charge is -2.35. The van der Waals surface area contributed by atoms with Crippen molar-refractivity contribution in [2.75, 3.05) is 55.7 Å². The molecule has 0 aliphatic carbocycles. The van der Waals surface area contributed by atoms with Gasteiger partial charge in [0.15, 0.2) is 18.2 Å². The lowest BCUT2D eigenvalue weighted by Crippen LogP contribution is -2.50. The molecule has 0 spiro atoms. The van der Waals surface area contributed by atoms with Crippen LogP contribution in [0.25, 0.3) is 0 Å². The summed E-state index contributed by atoms with van der Waals surface area (Å²) in [6.45, 7) is 7.35. The molecule has 0 saturated carbocycles. The molecule has 3 heterocycles. The molecule has 0 N–H and O–H groups in total. The molecule has 7 nitrogen and oxygen atoms in total. The SMILES string of the molecule is CC1CCN(c2ccc(N3CCN(C(=O)COc4ccccc4)CC3)nn2)CC1. The standard InChI is InChI=1S/C22H29N5O2/c1-18-9-11-25(12-10-18)20-7-8-21(24-23-20)26-13-15-27(16-14-26)22(28)17-29-19-5-3-2-4-6-19/h2-8,18H,9-17H2,1H3. The second kappa shape index (κ2) is 9.11. The molecule has 0 unspecified atom stereocenters. The highest BCUT2D eigenvalue weighted by atomic mass is 16.5. The van der Waals surface area contributed by atoms with E-state index in [9.17, 15) is 4.79 Å². The minimum atomic E-state index is 0.0225. The Hall–Kier alpha value is -2.83. The number of hydrogen-bond donors (Lipinski definition) is 0. The number of hydrogen-bond acceptors (Lipinski definition) is 6. The van der Waals surface area contributed by atoms with E-state index in [2.05, 4.69) is 39.1 Å². The van der Waals surface area contributed by atoms with Crippen LogP contribution in [0.4, 0.5) is 11.6 Å². The van der Waals surface area contributed by atoms with Crippen molar-refractivity contribution in [2.24, 2.45) is 5.92 Å². The average molecular weight is 396 g/mol. The van der Waals surface area contributed by atoms with Gasteiger partial charge in [-0.1, -0.05) is 25.1 Å². The molecule has 7 heteroatoms. The van der Waals surface area contributed by atoms with Crippen molar-refractivity contribution in [3.63, 3.8) is 0 Å². The molecule has 0 bridgehead atoms. The molecule has 2 fully saturated rings. The Kier molecular flexibility index (Phi) is 6.12. The van der Waals surface area contributed by atoms with Gasteiger partial charge in [0.05, 0.1) is 0 Å². The van der Waals surface area contributed by atoms with Gasteiger partial charge in [0.25, 0.3) is 5.91 Å². The van der Waals surface area contributed by atoms with Crippen molar-refractivity contribution < 1.29 is 9.53 Å². The minimum Gasteiger partial charge on any atom is -0.484 e. The number of carbonyl (C=O) groups is 1. The first-order valence-electron chi connectivity index (χ1n) is 10.5. The topological polar surface area (TPSA) is 61.8 Å². The second-order valence-electron chi connectivity index (χ2n) is 7.89. The molecule has 2 aliphatic rings. The van der Waals surface area contributed by atoms with Gasteiger partial charge in [-0.25, -0.2) is 0 Å². The Balaban J connectivity index is 1.25. The summed E-state index contributed by atoms with van der Waals surface area (Å²) in [7, 11) is 0. The first kappa shape index (κ1) is 19.5. The maximum absolute atomic E-state index is 12.4. The first-order chi connectivity index (χ1) is 14.2. The number of nitrogens with zero attached hydrogens (tertiary/aromatic N) is 5. The van der Waals surface area contributed by atoms with Crippen LogP contribution in [0, 0.1) is 5.92 Å². The van der Waals surface area contributed by atoms with Crippen molar-refractivity contribution in [3.8, 4) is 5.75 Å². The van der Waals surface area contributed by atoms with Crippen molar-refractivity contribution >= 4 is 17.5 Å². The number of anilines is 2. The lowest BCUT2D eigenvalue weighted by molar-refractivity contribution is -0.133. The van der Waals surface area contributed by atoms with Crippen LogP contribution in [-0.2, 0) is 4.79 Å². The molecular formula is C22H29N5O2. The molecule has 0 radical (unpaired) electrons. The summed E-state index contributed by atoms with van der Waals surface area (Å²) in [4.78, 5) is 18.8. The van der Waals surface area contributed by atoms with E-state index in [0.29, 0.717) is 13.1 Å². The van der Waals surface area contributed by atoms with Crippen LogP contribution in [0.3, 0.4) is 0 Å². The zero-order valence-electron chi connectivity index (χ0n) is 17.0. The monoisotopic (exact) mass is 395 g/mol. The first-order valence-corrected chi connectivity index (χ1v) is 10.5. The van der Waals surface area contributed by atoms with Crippen LogP contribution in [0.1, 0.15) is 19.8 Å². The number of aromatic nitrogens is 2. The summed E-state index contributed by atoms with van der Waals surface area (Å²) in [5.74, 6) is 3.39. The Bertz CT molecular complexity index is 783. The summed E-state index contributed by atoms with van der Waals surface area (Å²) < 4.78 is 5.58. The summed E-state index contributed by atoms with van der Waals surface area (Å²) >= 11 is 0. The van der Waals surface area contributed by atoms with Gasteiger partial charge in [0, 0.05) is 39.3 Å². The number of amides is 1. The minimum absolute atomic E-state index is 0.0225. The fraction of sp³-hybridized carbons (Fsp3) is 0.500. The van der Waals surface area contributed by atoms with E-state index < -0.39 is 0 Å². The normalized spacial score (nSPS) is 18.0. The van der Waals surface area contributed by atoms with Gasteiger partial charge in [-0.05, 0) is 43.0 Å². The van der Waals surface area contributed by atoms with E-state index in [4.69, 9.17) is 4.74 Å². The van der Waals surface area contributed by atoms with Gasteiger partial charge in [-0.2, -0.15) is 0 Å². The third kappa shape index (κ3) is 4.96. The van der Waals surface area contributed by atoms with E-state index in [0.717, 1.165) is 49.5 Å². The molecule has 2 aromatic rings. The van der Waals surface area contributed by atoms with Crippen LogP contribution in [0.5, 0.6) is 5.75 Å². The quantitative estimate of drug-likeness (QED) is 0.775. The van der Waals surface area contributed by atoms with Crippen LogP contribution in [0.2, 0.25) is 0 Å². The van der Waals surface area contributed by atoms with Crippen LogP contribution >= 0.6 is 0 Å². The maximum atomic E-state index is 12.4. The molecule has 154 valence electrons. The van der Waals surface area contributed by atoms with E-state index >= 15 is 0 Å². The van der Waals surface area contributed by atoms with Crippen LogP contribution < -0.4 is 14.5 Å². The van der Waals surface area contributed by atoms with Gasteiger partial charge in [0.2, 0.25) is 0 Å². The molecule has 4 rings (SSSR count). The predicted octanol–water partition coefficient (Wildman–Crippen LogP) is 2.44. The highest BCUT2D eigenvalue weighted by molar-refractivity contribution is 5.78. The van der Waals surface area contributed by atoms with E-state index in [-0.39, 0.29) is 12.5 Å². The number of piperazine rings is 1. The van der Waals surface area contributed by atoms with Crippen molar-refractivity contribution in [2.45, 2.75) is 19.8 Å². The van der Waals surface area contributed by atoms with E-state index in [1.165, 1.54) is 12.8 Å². The Morgan fingerprint density at radius 3 is 2.07 bits per heavy atom. The van der Waals surface area contributed by atoms with Gasteiger partial charge in [0.1, 0.15) is 5.75 Å². The molecule has 2 saturated heterocycles. The fourth-order valence-corrected chi connectivity index (χ4v) is 3.83. The summed E-state index contributed by atoms with van der Waals surface area (Å²) in [6, 6.07) is 13.6. The molecule has 1 aromatic carbocycles. The number of piperidine rings is 1. The third-order valence-corrected chi connectivity index (χ3v) is 5.81. The molecule has 0 atom stereocenters. The Morgan fingerprint density at radius 1 is 0.897 bits per heavy atom. The van der Waals surface area contributed by atoms with Crippen molar-refractivity contribution in [1.82, 2.24) is 15.1 Å². The molecular weight excluding hydrogens is 366 g/mol. The van der Waals surface area contributed by atoms with E-state index in [1.54, 1.807) is 0 Å². The highest BCUT2D eigenvalue weighted by Crippen LogP contribution is 2.22. The Morgan fingerprint density at radius 2 is 1.48 bits per heavy atom. The fourth-order valence-electron chi connectivity index (χ4n) is 3.83. The number of ether oxygens (including phenoxy) is 1. The van der Waals surface area contributed by atoms with Gasteiger partial charge in [-0.15, -0.1) is 10.2 Å². The molecule has 2 aliphatic heterocycles. The van der Waals surface area contributed by atoms with Gasteiger partial charge in [-0.3, -0.25) is 4.79 Å². The zero-order valence-corrected chi connectivity index (χ0v) is 17.0. The number of carbonyl (C=O) groups excluding carboxylic acids is 1. The second-order valence-corrected chi connectivity index (χ2v) is 7.89. The number of para-hydroxylation sites is 1. The summed E-state index contributed by atoms with van der Waals surface area (Å²) in [5.41, 5.74) is 0. The smallest absolute Gasteiger partial charge is 0.260 e. The largest absolute Gasteiger partial charge is 0.484 e. The van der Waals surface area contributed by atoms with Crippen LogP contribution in [0.15, 0.2) is 42.5 Å². The highest BCUT2D eigenvalue weighted by Gasteiger charge is 2.23. The number of benzene rings is 1. The molecule has 1 aromatic heterocycles. The third-order valence-electron chi connectivity index (χ3n) is 5.81. The summed E-state index contributed by atoms with van der Waals surface area (Å²) in [6.07, 6.45) is 2.43. The summed E-state index contributed by atoms with van der Waals surface area (Å²) in [5, 5.41) is 8.90. The molecule has 1 amide bonds. The predicted molar refractivity (Wildman–Crippen MR) is 113 cm³/mol. The van der Waals surface area contributed by atoms with Crippen molar-refractivity contribution in [3.05, 3.63) is 42.5 Å². The average Bonchev–Trinajstić information content (AvgIpc) is 2.79. The lowest BCUT2D eigenvalue weighted by atomic mass is 9.99.